The lowest BCUT2D eigenvalue weighted by molar-refractivity contribution is 0.312. The zero-order valence-corrected chi connectivity index (χ0v) is 19.3. The van der Waals surface area contributed by atoms with Gasteiger partial charge in [-0.3, -0.25) is 4.98 Å². The molecule has 2 unspecified atom stereocenters. The quantitative estimate of drug-likeness (QED) is 0.612. The highest BCUT2D eigenvalue weighted by atomic mass is 19.1. The molecule has 1 aromatic carbocycles. The van der Waals surface area contributed by atoms with E-state index in [4.69, 9.17) is 9.72 Å². The average Bonchev–Trinajstić information content (AvgIpc) is 3.42. The topological polar surface area (TPSA) is 66.4 Å². The van der Waals surface area contributed by atoms with Crippen LogP contribution >= 0.6 is 0 Å². The molecule has 2 aliphatic heterocycles. The van der Waals surface area contributed by atoms with Crippen molar-refractivity contribution in [2.75, 3.05) is 36.5 Å². The van der Waals surface area contributed by atoms with E-state index in [0.717, 1.165) is 41.4 Å². The molecule has 33 heavy (non-hydrogen) atoms. The zero-order chi connectivity index (χ0) is 22.9. The second-order valence-electron chi connectivity index (χ2n) is 8.68. The third kappa shape index (κ3) is 4.11. The monoisotopic (exact) mass is 448 g/mol. The average molecular weight is 449 g/mol. The number of benzene rings is 1. The van der Waals surface area contributed by atoms with E-state index in [-0.39, 0.29) is 12.0 Å². The van der Waals surface area contributed by atoms with Crippen LogP contribution in [-0.4, -0.2) is 41.7 Å². The summed E-state index contributed by atoms with van der Waals surface area (Å²) in [6.45, 7) is 7.09. The fourth-order valence-electron chi connectivity index (χ4n) is 4.95. The number of aryl methyl sites for hydroxylation is 1. The summed E-state index contributed by atoms with van der Waals surface area (Å²) < 4.78 is 19.7. The third-order valence-corrected chi connectivity index (χ3v) is 6.47. The molecule has 2 aliphatic rings. The van der Waals surface area contributed by atoms with Crippen molar-refractivity contribution in [3.05, 3.63) is 70.9 Å². The van der Waals surface area contributed by atoms with Crippen molar-refractivity contribution in [2.45, 2.75) is 38.9 Å². The van der Waals surface area contributed by atoms with Crippen LogP contribution in [0.2, 0.25) is 0 Å². The Kier molecular flexibility index (Phi) is 5.85. The Morgan fingerprint density at radius 3 is 2.67 bits per heavy atom. The van der Waals surface area contributed by atoms with Crippen LogP contribution in [0.3, 0.4) is 0 Å². The van der Waals surface area contributed by atoms with Crippen molar-refractivity contribution in [1.82, 2.24) is 20.3 Å². The van der Waals surface area contributed by atoms with Gasteiger partial charge in [0.05, 0.1) is 18.5 Å². The maximum atomic E-state index is 14.1. The van der Waals surface area contributed by atoms with Gasteiger partial charge in [0.1, 0.15) is 17.7 Å². The third-order valence-electron chi connectivity index (χ3n) is 6.47. The van der Waals surface area contributed by atoms with Gasteiger partial charge in [-0.2, -0.15) is 9.97 Å². The Balaban J connectivity index is 1.53. The fraction of sp³-hybridized carbons (Fsp3) is 0.400. The molecule has 4 heterocycles. The Morgan fingerprint density at radius 2 is 1.97 bits per heavy atom. The van der Waals surface area contributed by atoms with Gasteiger partial charge in [-0.25, -0.2) is 4.39 Å². The van der Waals surface area contributed by atoms with Crippen LogP contribution in [0.5, 0.6) is 6.01 Å². The van der Waals surface area contributed by atoms with E-state index in [9.17, 15) is 4.39 Å². The van der Waals surface area contributed by atoms with Crippen molar-refractivity contribution < 1.29 is 9.13 Å². The van der Waals surface area contributed by atoms with E-state index in [0.29, 0.717) is 25.1 Å². The van der Waals surface area contributed by atoms with Gasteiger partial charge in [0.15, 0.2) is 5.82 Å². The van der Waals surface area contributed by atoms with Crippen molar-refractivity contribution >= 4 is 11.5 Å². The van der Waals surface area contributed by atoms with Crippen LogP contribution in [0.1, 0.15) is 47.8 Å². The first kappa shape index (κ1) is 21.6. The molecule has 0 saturated carbocycles. The molecule has 1 fully saturated rings. The first-order valence-corrected chi connectivity index (χ1v) is 11.5. The van der Waals surface area contributed by atoms with Crippen LogP contribution in [0.25, 0.3) is 0 Å². The Morgan fingerprint density at radius 1 is 1.15 bits per heavy atom. The maximum Gasteiger partial charge on any atom is 0.318 e. The lowest BCUT2D eigenvalue weighted by Crippen LogP contribution is -2.33. The summed E-state index contributed by atoms with van der Waals surface area (Å²) in [6, 6.07) is 10.7. The Hall–Kier alpha value is -3.26. The number of rotatable bonds is 6. The van der Waals surface area contributed by atoms with Gasteiger partial charge in [0.25, 0.3) is 0 Å². The molecule has 7 nitrogen and oxygen atoms in total. The smallest absolute Gasteiger partial charge is 0.318 e. The van der Waals surface area contributed by atoms with Crippen molar-refractivity contribution in [2.24, 2.45) is 0 Å². The highest BCUT2D eigenvalue weighted by Crippen LogP contribution is 2.47. The molecule has 5 rings (SSSR count). The van der Waals surface area contributed by atoms with Gasteiger partial charge in [-0.15, -0.1) is 0 Å². The summed E-state index contributed by atoms with van der Waals surface area (Å²) in [7, 11) is 1.99. The molecular weight excluding hydrogens is 419 g/mol. The first-order valence-electron chi connectivity index (χ1n) is 11.5. The van der Waals surface area contributed by atoms with E-state index in [1.165, 1.54) is 24.2 Å². The second kappa shape index (κ2) is 8.94. The molecule has 2 atom stereocenters. The molecule has 1 saturated heterocycles. The lowest BCUT2D eigenvalue weighted by atomic mass is 9.97. The summed E-state index contributed by atoms with van der Waals surface area (Å²) in [6.07, 6.45) is 3.86. The molecular formula is C25H29FN6O. The number of ether oxygens (including phenoxy) is 1. The van der Waals surface area contributed by atoms with Gasteiger partial charge in [-0.05, 0) is 49.9 Å². The van der Waals surface area contributed by atoms with Crippen molar-refractivity contribution in [3.8, 4) is 6.01 Å². The number of hydrogen-bond donors (Lipinski definition) is 1. The minimum atomic E-state index is -0.357. The lowest BCUT2D eigenvalue weighted by Gasteiger charge is -2.30. The molecule has 0 bridgehead atoms. The molecule has 2 aromatic heterocycles. The molecule has 0 radical (unpaired) electrons. The largest absolute Gasteiger partial charge is 0.464 e. The molecule has 0 spiro atoms. The van der Waals surface area contributed by atoms with Crippen molar-refractivity contribution in [3.63, 3.8) is 0 Å². The minimum absolute atomic E-state index is 0.258. The second-order valence-corrected chi connectivity index (χ2v) is 8.68. The number of nitrogens with zero attached hydrogens (tertiary/aromatic N) is 5. The van der Waals surface area contributed by atoms with Gasteiger partial charge < -0.3 is 19.9 Å². The number of hydrogen-bond acceptors (Lipinski definition) is 7. The molecule has 3 aromatic rings. The highest BCUT2D eigenvalue weighted by Gasteiger charge is 2.38. The Bertz CT molecular complexity index is 1130. The highest BCUT2D eigenvalue weighted by molar-refractivity contribution is 5.76. The van der Waals surface area contributed by atoms with Crippen LogP contribution < -0.4 is 19.9 Å². The molecule has 8 heteroatoms. The number of halogens is 1. The minimum Gasteiger partial charge on any atom is -0.464 e. The molecule has 1 N–H and O–H groups in total. The van der Waals surface area contributed by atoms with Crippen LogP contribution in [0.15, 0.2) is 42.7 Å². The van der Waals surface area contributed by atoms with Crippen molar-refractivity contribution in [1.29, 1.82) is 0 Å². The number of nitrogens with one attached hydrogen (secondary N) is 1. The number of fused-ring (bicyclic) bond motifs is 1. The SMILES string of the molecule is CCOc1nc(C)c2c(n1)N(Cc1ccc(C3CCNC3)cc1)C(c1cncc(F)c1)N2C. The molecule has 0 amide bonds. The molecule has 0 aliphatic carbocycles. The van der Waals surface area contributed by atoms with Gasteiger partial charge in [0.2, 0.25) is 0 Å². The van der Waals surface area contributed by atoms with E-state index < -0.39 is 0 Å². The number of anilines is 2. The normalized spacial score (nSPS) is 19.8. The standard InChI is InChI=1S/C25H29FN6O/c1-4-33-25-29-16(2)22-23(30-25)32(24(31(22)3)20-11-21(26)14-28-13-20)15-17-5-7-18(8-6-17)19-9-10-27-12-19/h5-8,11,13-14,19,24,27H,4,9-10,12,15H2,1-3H3. The van der Waals surface area contributed by atoms with Gasteiger partial charge in [0, 0.05) is 31.9 Å². The predicted molar refractivity (Wildman–Crippen MR) is 126 cm³/mol. The summed E-state index contributed by atoms with van der Waals surface area (Å²) in [5.41, 5.74) is 5.04. The van der Waals surface area contributed by atoms with Crippen LogP contribution in [-0.2, 0) is 6.54 Å². The molecule has 172 valence electrons. The summed E-state index contributed by atoms with van der Waals surface area (Å²) in [5, 5.41) is 3.43. The number of pyridine rings is 1. The number of aromatic nitrogens is 3. The van der Waals surface area contributed by atoms with Gasteiger partial charge in [-0.1, -0.05) is 24.3 Å². The summed E-state index contributed by atoms with van der Waals surface area (Å²) in [5.74, 6) is 1.00. The van der Waals surface area contributed by atoms with E-state index in [2.05, 4.69) is 49.4 Å². The van der Waals surface area contributed by atoms with E-state index >= 15 is 0 Å². The van der Waals surface area contributed by atoms with Crippen LogP contribution in [0, 0.1) is 12.7 Å². The fourth-order valence-corrected chi connectivity index (χ4v) is 4.95. The Labute approximate surface area is 193 Å². The van der Waals surface area contributed by atoms with E-state index in [1.54, 1.807) is 6.20 Å². The van der Waals surface area contributed by atoms with E-state index in [1.807, 2.05) is 20.9 Å². The maximum absolute atomic E-state index is 14.1. The first-order chi connectivity index (χ1) is 16.0. The predicted octanol–water partition coefficient (Wildman–Crippen LogP) is 3.95. The summed E-state index contributed by atoms with van der Waals surface area (Å²) in [4.78, 5) is 17.6. The van der Waals surface area contributed by atoms with Crippen LogP contribution in [0.4, 0.5) is 15.9 Å². The van der Waals surface area contributed by atoms with Gasteiger partial charge >= 0.3 is 6.01 Å². The zero-order valence-electron chi connectivity index (χ0n) is 19.3. The summed E-state index contributed by atoms with van der Waals surface area (Å²) >= 11 is 0.